The van der Waals surface area contributed by atoms with Crippen molar-refractivity contribution in [2.45, 2.75) is 6.54 Å². The molecule has 104 valence electrons. The van der Waals surface area contributed by atoms with Crippen LogP contribution in [0.2, 0.25) is 0 Å². The van der Waals surface area contributed by atoms with Gasteiger partial charge in [0.25, 0.3) is 0 Å². The number of carboxylic acid groups (broad SMARTS) is 1. The molecule has 0 bridgehead atoms. The molecule has 0 aromatic heterocycles. The summed E-state index contributed by atoms with van der Waals surface area (Å²) in [5.41, 5.74) is 0.637. The molecule has 2 rings (SSSR count). The van der Waals surface area contributed by atoms with Crippen molar-refractivity contribution in [2.24, 2.45) is 0 Å². The van der Waals surface area contributed by atoms with Gasteiger partial charge in [-0.15, -0.1) is 0 Å². The number of rotatable bonds is 4. The molecule has 0 unspecified atom stereocenters. The molecule has 0 spiro atoms. The number of hydrogen-bond donors (Lipinski definition) is 2. The summed E-state index contributed by atoms with van der Waals surface area (Å²) < 4.78 is 27.4. The average molecular weight is 342 g/mol. The van der Waals surface area contributed by atoms with Gasteiger partial charge in [0, 0.05) is 11.0 Å². The molecule has 3 nitrogen and oxygen atoms in total. The Morgan fingerprint density at radius 2 is 1.95 bits per heavy atom. The summed E-state index contributed by atoms with van der Waals surface area (Å²) in [7, 11) is 0. The lowest BCUT2D eigenvalue weighted by Crippen LogP contribution is -2.05. The molecule has 0 saturated heterocycles. The van der Waals surface area contributed by atoms with Gasteiger partial charge in [0.2, 0.25) is 0 Å². The van der Waals surface area contributed by atoms with Gasteiger partial charge in [0.15, 0.2) is 0 Å². The van der Waals surface area contributed by atoms with Crippen LogP contribution in [-0.2, 0) is 6.54 Å². The van der Waals surface area contributed by atoms with Gasteiger partial charge in [-0.05, 0) is 42.0 Å². The standard InChI is InChI=1S/C14H10BrF2NO2/c15-11-3-2-10(16)5-9(11)7-18-13-6-8(14(19)20)1-4-12(13)17/h1-6,18H,7H2,(H,19,20). The maximum absolute atomic E-state index is 13.6. The van der Waals surface area contributed by atoms with Crippen LogP contribution in [0.1, 0.15) is 15.9 Å². The molecule has 0 fully saturated rings. The normalized spacial score (nSPS) is 10.3. The lowest BCUT2D eigenvalue weighted by molar-refractivity contribution is 0.0697. The second-order valence-corrected chi connectivity index (χ2v) is 4.94. The van der Waals surface area contributed by atoms with Crippen molar-refractivity contribution in [1.29, 1.82) is 0 Å². The van der Waals surface area contributed by atoms with E-state index in [2.05, 4.69) is 21.2 Å². The van der Waals surface area contributed by atoms with Crippen molar-refractivity contribution in [2.75, 3.05) is 5.32 Å². The summed E-state index contributed by atoms with van der Waals surface area (Å²) in [6.07, 6.45) is 0. The van der Waals surface area contributed by atoms with Gasteiger partial charge in [-0.2, -0.15) is 0 Å². The summed E-state index contributed by atoms with van der Waals surface area (Å²) in [5, 5.41) is 11.6. The van der Waals surface area contributed by atoms with Crippen LogP contribution >= 0.6 is 15.9 Å². The van der Waals surface area contributed by atoms with Crippen LogP contribution in [0, 0.1) is 11.6 Å². The highest BCUT2D eigenvalue weighted by molar-refractivity contribution is 9.10. The zero-order chi connectivity index (χ0) is 14.7. The Hall–Kier alpha value is -1.95. The number of benzene rings is 2. The molecular weight excluding hydrogens is 332 g/mol. The second-order valence-electron chi connectivity index (χ2n) is 4.09. The summed E-state index contributed by atoms with van der Waals surface area (Å²) in [5.74, 6) is -2.10. The van der Waals surface area contributed by atoms with Gasteiger partial charge < -0.3 is 10.4 Å². The van der Waals surface area contributed by atoms with Gasteiger partial charge in [-0.3, -0.25) is 0 Å². The van der Waals surface area contributed by atoms with E-state index in [1.54, 1.807) is 6.07 Å². The molecule has 2 N–H and O–H groups in total. The SMILES string of the molecule is O=C(O)c1ccc(F)c(NCc2cc(F)ccc2Br)c1. The van der Waals surface area contributed by atoms with E-state index in [-0.39, 0.29) is 17.8 Å². The fraction of sp³-hybridized carbons (Fsp3) is 0.0714. The molecule has 20 heavy (non-hydrogen) atoms. The van der Waals surface area contributed by atoms with Gasteiger partial charge in [0.05, 0.1) is 11.3 Å². The zero-order valence-electron chi connectivity index (χ0n) is 10.2. The Balaban J connectivity index is 2.20. The molecule has 0 aliphatic rings. The largest absolute Gasteiger partial charge is 0.478 e. The number of hydrogen-bond acceptors (Lipinski definition) is 2. The first-order valence-corrected chi connectivity index (χ1v) is 6.47. The second kappa shape index (κ2) is 6.00. The average Bonchev–Trinajstić information content (AvgIpc) is 2.41. The van der Waals surface area contributed by atoms with E-state index in [1.807, 2.05) is 0 Å². The Morgan fingerprint density at radius 1 is 1.20 bits per heavy atom. The number of halogens is 3. The highest BCUT2D eigenvalue weighted by Crippen LogP contribution is 2.21. The lowest BCUT2D eigenvalue weighted by atomic mass is 10.1. The van der Waals surface area contributed by atoms with Crippen LogP contribution in [0.3, 0.4) is 0 Å². The van der Waals surface area contributed by atoms with Crippen LogP contribution in [0.5, 0.6) is 0 Å². The molecule has 6 heteroatoms. The molecule has 0 aliphatic carbocycles. The number of anilines is 1. The predicted octanol–water partition coefficient (Wildman–Crippen LogP) is 4.04. The Bertz CT molecular complexity index is 662. The van der Waals surface area contributed by atoms with E-state index >= 15 is 0 Å². The van der Waals surface area contributed by atoms with Crippen molar-refractivity contribution in [1.82, 2.24) is 0 Å². The highest BCUT2D eigenvalue weighted by Gasteiger charge is 2.09. The predicted molar refractivity (Wildman–Crippen MR) is 74.8 cm³/mol. The maximum Gasteiger partial charge on any atom is 0.335 e. The van der Waals surface area contributed by atoms with Crippen LogP contribution in [0.4, 0.5) is 14.5 Å². The first-order valence-electron chi connectivity index (χ1n) is 5.68. The fourth-order valence-corrected chi connectivity index (χ4v) is 2.05. The quantitative estimate of drug-likeness (QED) is 0.882. The van der Waals surface area contributed by atoms with Gasteiger partial charge in [-0.25, -0.2) is 13.6 Å². The Labute approximate surface area is 122 Å². The van der Waals surface area contributed by atoms with E-state index in [4.69, 9.17) is 5.11 Å². The van der Waals surface area contributed by atoms with Gasteiger partial charge in [-0.1, -0.05) is 15.9 Å². The van der Waals surface area contributed by atoms with Gasteiger partial charge >= 0.3 is 5.97 Å². The molecule has 0 saturated carbocycles. The molecule has 0 amide bonds. The minimum absolute atomic E-state index is 0.0211. The zero-order valence-corrected chi connectivity index (χ0v) is 11.7. The summed E-state index contributed by atoms with van der Waals surface area (Å²) in [6, 6.07) is 7.63. The minimum Gasteiger partial charge on any atom is -0.478 e. The molecular formula is C14H10BrF2NO2. The Kier molecular flexibility index (Phi) is 4.34. The van der Waals surface area contributed by atoms with E-state index < -0.39 is 17.6 Å². The molecule has 2 aromatic carbocycles. The molecule has 2 aromatic rings. The number of aromatic carboxylic acids is 1. The third-order valence-corrected chi connectivity index (χ3v) is 3.46. The first-order chi connectivity index (χ1) is 9.47. The Morgan fingerprint density at radius 3 is 2.65 bits per heavy atom. The summed E-state index contributed by atoms with van der Waals surface area (Å²) in [6.45, 7) is 0.165. The topological polar surface area (TPSA) is 49.3 Å². The lowest BCUT2D eigenvalue weighted by Gasteiger charge is -2.10. The smallest absolute Gasteiger partial charge is 0.335 e. The third-order valence-electron chi connectivity index (χ3n) is 2.69. The maximum atomic E-state index is 13.6. The molecule has 0 heterocycles. The third kappa shape index (κ3) is 3.33. The first kappa shape index (κ1) is 14.5. The van der Waals surface area contributed by atoms with E-state index in [9.17, 15) is 13.6 Å². The summed E-state index contributed by atoms with van der Waals surface area (Å²) >= 11 is 3.27. The molecule has 0 atom stereocenters. The van der Waals surface area contributed by atoms with E-state index in [1.165, 1.54) is 24.3 Å². The number of nitrogens with one attached hydrogen (secondary N) is 1. The molecule has 0 aliphatic heterocycles. The van der Waals surface area contributed by atoms with Crippen molar-refractivity contribution >= 4 is 27.6 Å². The van der Waals surface area contributed by atoms with Crippen molar-refractivity contribution in [3.8, 4) is 0 Å². The van der Waals surface area contributed by atoms with E-state index in [0.717, 1.165) is 6.07 Å². The molecule has 0 radical (unpaired) electrons. The van der Waals surface area contributed by atoms with E-state index in [0.29, 0.717) is 10.0 Å². The van der Waals surface area contributed by atoms with Crippen LogP contribution in [0.15, 0.2) is 40.9 Å². The van der Waals surface area contributed by atoms with Crippen molar-refractivity contribution in [3.05, 3.63) is 63.6 Å². The highest BCUT2D eigenvalue weighted by atomic mass is 79.9. The van der Waals surface area contributed by atoms with Crippen LogP contribution in [-0.4, -0.2) is 11.1 Å². The fourth-order valence-electron chi connectivity index (χ4n) is 1.66. The monoisotopic (exact) mass is 341 g/mol. The van der Waals surface area contributed by atoms with Gasteiger partial charge in [0.1, 0.15) is 11.6 Å². The van der Waals surface area contributed by atoms with Crippen LogP contribution in [0.25, 0.3) is 0 Å². The number of carbonyl (C=O) groups is 1. The van der Waals surface area contributed by atoms with Crippen LogP contribution < -0.4 is 5.32 Å². The van der Waals surface area contributed by atoms with Crippen molar-refractivity contribution in [3.63, 3.8) is 0 Å². The minimum atomic E-state index is -1.14. The van der Waals surface area contributed by atoms with Crippen molar-refractivity contribution < 1.29 is 18.7 Å². The summed E-state index contributed by atoms with van der Waals surface area (Å²) in [4.78, 5) is 10.8. The number of carboxylic acids is 1.